The molecule has 0 spiro atoms. The Morgan fingerprint density at radius 1 is 1.10 bits per heavy atom. The first-order valence-corrected chi connectivity index (χ1v) is 10.1. The molecule has 0 aliphatic heterocycles. The Bertz CT molecular complexity index is 1150. The molecule has 0 saturated carbocycles. The van der Waals surface area contributed by atoms with E-state index in [1.807, 2.05) is 41.4 Å². The summed E-state index contributed by atoms with van der Waals surface area (Å²) in [5.41, 5.74) is 4.97. The maximum atomic E-state index is 12.5. The highest BCUT2D eigenvalue weighted by molar-refractivity contribution is 5.93. The Morgan fingerprint density at radius 2 is 1.90 bits per heavy atom. The van der Waals surface area contributed by atoms with Crippen LogP contribution in [0, 0.1) is 6.92 Å². The number of rotatable bonds is 7. The Balaban J connectivity index is 1.39. The average molecular weight is 399 g/mol. The summed E-state index contributed by atoms with van der Waals surface area (Å²) >= 11 is 0. The topological polar surface area (TPSA) is 73.9 Å². The van der Waals surface area contributed by atoms with Gasteiger partial charge in [0.1, 0.15) is 0 Å². The quantitative estimate of drug-likeness (QED) is 0.483. The number of aryl methyl sites for hydroxylation is 1. The average Bonchev–Trinajstić information content (AvgIpc) is 3.18. The first-order chi connectivity index (χ1) is 14.7. The van der Waals surface area contributed by atoms with Gasteiger partial charge >= 0.3 is 0 Å². The van der Waals surface area contributed by atoms with Crippen LogP contribution >= 0.6 is 0 Å². The van der Waals surface area contributed by atoms with Gasteiger partial charge in [-0.3, -0.25) is 4.79 Å². The normalized spacial score (nSPS) is 10.9. The molecule has 30 heavy (non-hydrogen) atoms. The van der Waals surface area contributed by atoms with Gasteiger partial charge in [-0.2, -0.15) is 0 Å². The molecule has 6 heteroatoms. The van der Waals surface area contributed by atoms with Gasteiger partial charge in [0, 0.05) is 48.3 Å². The third kappa shape index (κ3) is 4.17. The fourth-order valence-corrected chi connectivity index (χ4v) is 3.56. The van der Waals surface area contributed by atoms with Crippen LogP contribution in [0.4, 0.5) is 11.6 Å². The van der Waals surface area contributed by atoms with Gasteiger partial charge in [-0.25, -0.2) is 9.97 Å². The molecule has 0 atom stereocenters. The van der Waals surface area contributed by atoms with Crippen LogP contribution in [-0.4, -0.2) is 33.9 Å². The molecule has 0 aliphatic carbocycles. The van der Waals surface area contributed by atoms with Gasteiger partial charge in [0.05, 0.1) is 5.56 Å². The van der Waals surface area contributed by atoms with Crippen LogP contribution in [0.5, 0.6) is 0 Å². The number of anilines is 2. The fraction of sp³-hybridized carbons (Fsp3) is 0.208. The molecule has 2 aromatic carbocycles. The molecule has 0 bridgehead atoms. The summed E-state index contributed by atoms with van der Waals surface area (Å²) in [6.07, 6.45) is 5.93. The van der Waals surface area contributed by atoms with Crippen molar-refractivity contribution in [1.82, 2.24) is 20.3 Å². The summed E-state index contributed by atoms with van der Waals surface area (Å²) in [5, 5.41) is 4.15. The third-order valence-corrected chi connectivity index (χ3v) is 5.13. The fourth-order valence-electron chi connectivity index (χ4n) is 3.56. The minimum atomic E-state index is -0.167. The number of fused-ring (bicyclic) bond motifs is 1. The second-order valence-corrected chi connectivity index (χ2v) is 7.22. The lowest BCUT2D eigenvalue weighted by Gasteiger charge is -2.21. The van der Waals surface area contributed by atoms with Crippen molar-refractivity contribution in [3.63, 3.8) is 0 Å². The van der Waals surface area contributed by atoms with E-state index in [4.69, 9.17) is 0 Å². The number of nitrogens with one attached hydrogen (secondary N) is 2. The third-order valence-electron chi connectivity index (χ3n) is 5.13. The molecule has 0 radical (unpaired) electrons. The highest BCUT2D eigenvalue weighted by Crippen LogP contribution is 2.22. The van der Waals surface area contributed by atoms with Crippen molar-refractivity contribution in [1.29, 1.82) is 0 Å². The van der Waals surface area contributed by atoms with E-state index in [-0.39, 0.29) is 5.91 Å². The van der Waals surface area contributed by atoms with Crippen molar-refractivity contribution in [3.8, 4) is 0 Å². The first-order valence-electron chi connectivity index (χ1n) is 10.1. The maximum Gasteiger partial charge on any atom is 0.254 e. The second kappa shape index (κ2) is 8.78. The van der Waals surface area contributed by atoms with E-state index in [0.29, 0.717) is 18.1 Å². The monoisotopic (exact) mass is 399 g/mol. The van der Waals surface area contributed by atoms with Gasteiger partial charge in [0.15, 0.2) is 0 Å². The molecule has 6 nitrogen and oxygen atoms in total. The van der Waals surface area contributed by atoms with Crippen LogP contribution in [0.3, 0.4) is 0 Å². The Hall–Kier alpha value is -3.67. The van der Waals surface area contributed by atoms with Crippen LogP contribution < -0.4 is 10.2 Å². The molecule has 0 saturated heterocycles. The number of para-hydroxylation sites is 1. The number of amides is 1. The molecule has 4 rings (SSSR count). The van der Waals surface area contributed by atoms with Gasteiger partial charge in [-0.15, -0.1) is 0 Å². The first kappa shape index (κ1) is 19.6. The number of hydrogen-bond donors (Lipinski definition) is 2. The molecule has 152 valence electrons. The number of benzene rings is 2. The highest BCUT2D eigenvalue weighted by Gasteiger charge is 2.13. The molecule has 2 heterocycles. The Labute approximate surface area is 176 Å². The zero-order valence-electron chi connectivity index (χ0n) is 17.2. The van der Waals surface area contributed by atoms with Crippen molar-refractivity contribution >= 4 is 28.4 Å². The van der Waals surface area contributed by atoms with E-state index in [9.17, 15) is 4.79 Å². The van der Waals surface area contributed by atoms with Gasteiger partial charge in [-0.1, -0.05) is 30.3 Å². The summed E-state index contributed by atoms with van der Waals surface area (Å²) in [7, 11) is 0. The van der Waals surface area contributed by atoms with Crippen LogP contribution in [0.1, 0.15) is 28.4 Å². The van der Waals surface area contributed by atoms with Crippen LogP contribution in [-0.2, 0) is 6.42 Å². The summed E-state index contributed by atoms with van der Waals surface area (Å²) in [6.45, 7) is 5.39. The predicted molar refractivity (Wildman–Crippen MR) is 120 cm³/mol. The summed E-state index contributed by atoms with van der Waals surface area (Å²) in [4.78, 5) is 26.6. The van der Waals surface area contributed by atoms with Gasteiger partial charge in [0.25, 0.3) is 5.91 Å². The number of aromatic nitrogens is 3. The summed E-state index contributed by atoms with van der Waals surface area (Å²) in [5.74, 6) is 0.415. The minimum Gasteiger partial charge on any atom is -0.361 e. The number of hydrogen-bond acceptors (Lipinski definition) is 4. The summed E-state index contributed by atoms with van der Waals surface area (Å²) in [6, 6.07) is 16.4. The minimum absolute atomic E-state index is 0.167. The molecule has 0 fully saturated rings. The maximum absolute atomic E-state index is 12.5. The Morgan fingerprint density at radius 3 is 2.67 bits per heavy atom. The zero-order chi connectivity index (χ0) is 20.9. The van der Waals surface area contributed by atoms with Crippen LogP contribution in [0.2, 0.25) is 0 Å². The summed E-state index contributed by atoms with van der Waals surface area (Å²) < 4.78 is 0. The number of aromatic amines is 1. The molecule has 1 amide bonds. The Kier molecular flexibility index (Phi) is 5.75. The van der Waals surface area contributed by atoms with Gasteiger partial charge < -0.3 is 15.2 Å². The van der Waals surface area contributed by atoms with Gasteiger partial charge in [-0.05, 0) is 49.6 Å². The molecule has 2 N–H and O–H groups in total. The molecule has 4 aromatic rings. The van der Waals surface area contributed by atoms with Crippen molar-refractivity contribution in [3.05, 3.63) is 83.8 Å². The standard InChI is InChI=1S/C24H25N5O/c1-3-29(20-8-6-7-17(2)13-20)24-27-15-19(16-28-24)23(30)25-12-11-18-14-26-22-10-5-4-9-21(18)22/h4-10,13-16,26H,3,11-12H2,1-2H3,(H,25,30). The molecular formula is C24H25N5O. The van der Waals surface area contributed by atoms with Crippen molar-refractivity contribution in [2.45, 2.75) is 20.3 Å². The van der Waals surface area contributed by atoms with E-state index in [1.165, 1.54) is 16.5 Å². The van der Waals surface area contributed by atoms with E-state index in [0.717, 1.165) is 24.2 Å². The number of carbonyl (C=O) groups excluding carboxylic acids is 1. The van der Waals surface area contributed by atoms with E-state index in [2.05, 4.69) is 52.3 Å². The smallest absolute Gasteiger partial charge is 0.254 e. The van der Waals surface area contributed by atoms with Crippen molar-refractivity contribution in [2.75, 3.05) is 18.0 Å². The van der Waals surface area contributed by atoms with E-state index >= 15 is 0 Å². The molecule has 0 aliphatic rings. The molecule has 2 aromatic heterocycles. The second-order valence-electron chi connectivity index (χ2n) is 7.22. The predicted octanol–water partition coefficient (Wildman–Crippen LogP) is 4.40. The molecule has 0 unspecified atom stereocenters. The lowest BCUT2D eigenvalue weighted by atomic mass is 10.1. The van der Waals surface area contributed by atoms with Crippen molar-refractivity contribution in [2.24, 2.45) is 0 Å². The number of H-pyrrole nitrogens is 1. The number of carbonyl (C=O) groups is 1. The largest absolute Gasteiger partial charge is 0.361 e. The van der Waals surface area contributed by atoms with Gasteiger partial charge in [0.2, 0.25) is 5.95 Å². The van der Waals surface area contributed by atoms with Crippen LogP contribution in [0.25, 0.3) is 10.9 Å². The molecular weight excluding hydrogens is 374 g/mol. The van der Waals surface area contributed by atoms with Crippen LogP contribution in [0.15, 0.2) is 67.1 Å². The zero-order valence-corrected chi connectivity index (χ0v) is 17.2. The van der Waals surface area contributed by atoms with E-state index < -0.39 is 0 Å². The van der Waals surface area contributed by atoms with Crippen molar-refractivity contribution < 1.29 is 4.79 Å². The van der Waals surface area contributed by atoms with E-state index in [1.54, 1.807) is 12.4 Å². The SMILES string of the molecule is CCN(c1cccc(C)c1)c1ncc(C(=O)NCCc2c[nH]c3ccccc23)cn1. The highest BCUT2D eigenvalue weighted by atomic mass is 16.1. The lowest BCUT2D eigenvalue weighted by molar-refractivity contribution is 0.0953. The lowest BCUT2D eigenvalue weighted by Crippen LogP contribution is -2.26. The number of nitrogens with zero attached hydrogens (tertiary/aromatic N) is 3.